The first-order valence-electron chi connectivity index (χ1n) is 38.2. The lowest BCUT2D eigenvalue weighted by molar-refractivity contribution is 0.0517. The summed E-state index contributed by atoms with van der Waals surface area (Å²) in [5.74, 6) is 2.31. The van der Waals surface area contributed by atoms with E-state index in [9.17, 15) is 19.2 Å². The highest BCUT2D eigenvalue weighted by molar-refractivity contribution is 5.76. The number of urea groups is 4. The Labute approximate surface area is 614 Å². The van der Waals surface area contributed by atoms with Gasteiger partial charge in [-0.15, -0.1) is 0 Å². The second-order valence-corrected chi connectivity index (χ2v) is 35.3. The van der Waals surface area contributed by atoms with Crippen LogP contribution in [0.3, 0.4) is 0 Å². The first-order chi connectivity index (χ1) is 47.3. The summed E-state index contributed by atoms with van der Waals surface area (Å²) >= 11 is 0. The predicted octanol–water partition coefficient (Wildman–Crippen LogP) is 14.8. The highest BCUT2D eigenvalue weighted by Gasteiger charge is 2.32. The molecule has 0 spiro atoms. The molecule has 4 N–H and O–H groups in total. The number of benzene rings is 4. The van der Waals surface area contributed by atoms with E-state index in [1.807, 2.05) is 110 Å². The molecule has 8 amide bonds. The van der Waals surface area contributed by atoms with Crippen LogP contribution in [0, 0.1) is 17.8 Å². The molecule has 6 aliphatic rings. The van der Waals surface area contributed by atoms with Gasteiger partial charge in [-0.2, -0.15) is 0 Å². The average Bonchev–Trinajstić information content (AvgIpc) is 1.57. The van der Waals surface area contributed by atoms with E-state index in [1.165, 1.54) is 87.0 Å². The van der Waals surface area contributed by atoms with Crippen LogP contribution in [0.4, 0.5) is 19.2 Å². The van der Waals surface area contributed by atoms with Crippen LogP contribution >= 0.6 is 0 Å². The third-order valence-electron chi connectivity index (χ3n) is 19.0. The van der Waals surface area contributed by atoms with Crippen molar-refractivity contribution < 1.29 is 23.9 Å². The first-order valence-corrected chi connectivity index (χ1v) is 38.2. The van der Waals surface area contributed by atoms with Gasteiger partial charge in [-0.3, -0.25) is 14.7 Å². The molecule has 6 aliphatic heterocycles. The third kappa shape index (κ3) is 35.2. The molecule has 3 atom stereocenters. The summed E-state index contributed by atoms with van der Waals surface area (Å²) in [6.45, 7) is 56.7. The van der Waals surface area contributed by atoms with Crippen LogP contribution in [0.15, 0.2) is 121 Å². The van der Waals surface area contributed by atoms with E-state index in [1.54, 1.807) is 4.90 Å². The Hall–Kier alpha value is -6.24. The minimum Gasteiger partial charge on any atom is -0.378 e. The minimum absolute atomic E-state index is 0.0100. The van der Waals surface area contributed by atoms with Gasteiger partial charge in [0, 0.05) is 124 Å². The van der Waals surface area contributed by atoms with Gasteiger partial charge >= 0.3 is 24.1 Å². The number of ether oxygens (including phenoxy) is 1. The number of piperazine rings is 2. The standard InChI is InChI=1S/C17H27N3O.C16H24N2O.2C16H25N.C10H21N3O.C9H18N2O2/c1-14-12-20(16(21)18-17(2,3)4)11-10-19(14)13-15-8-6-5-7-9-15;1-16(2,3)17-15(19)18-10-9-14(12-18)11-13-7-5-4-6-8-13;1-16(2,3)17-11-7-10-15(13-17)12-14-8-5-4-6-9-14;1-16(2,3)17-11-9-15(10-12-17)13-14-7-5-4-6-8-14;1-10(2,3)11-9(14)13-7-5-12(4)6-8-13;1-9(2,3)10-8(12)11-4-6-13-7-5-11/h5-9,14H,10-13H2,1-4H3,(H,18,21);4-8,14H,9-12H2,1-3H3,(H,17,19);4-6,8-9,15H,7,10-13H2,1-3H3;4-8,15H,9-13H2,1-3H3;5-8H2,1-4H3,(H,11,14);4-7H2,1-3H3,(H,10,12). The molecule has 566 valence electrons. The quantitative estimate of drug-likeness (QED) is 0.135. The molecule has 17 nitrogen and oxygen atoms in total. The zero-order valence-corrected chi connectivity index (χ0v) is 66.9. The highest BCUT2D eigenvalue weighted by atomic mass is 16.5. The molecule has 6 saturated heterocycles. The fourth-order valence-corrected chi connectivity index (χ4v) is 13.3. The number of carbonyl (C=O) groups is 4. The Morgan fingerprint density at radius 2 is 0.713 bits per heavy atom. The first kappa shape index (κ1) is 85.4. The van der Waals surface area contributed by atoms with Crippen molar-refractivity contribution in [3.8, 4) is 0 Å². The average molecular weight is 1400 g/mol. The number of nitrogens with one attached hydrogen (secondary N) is 4. The number of hydrogen-bond acceptors (Lipinski definition) is 9. The van der Waals surface area contributed by atoms with Crippen LogP contribution in [-0.2, 0) is 30.5 Å². The number of rotatable bonds is 8. The van der Waals surface area contributed by atoms with E-state index in [0.29, 0.717) is 49.3 Å². The van der Waals surface area contributed by atoms with Crippen LogP contribution in [0.5, 0.6) is 0 Å². The summed E-state index contributed by atoms with van der Waals surface area (Å²) in [7, 11) is 2.08. The van der Waals surface area contributed by atoms with Gasteiger partial charge in [-0.25, -0.2) is 19.2 Å². The number of piperidine rings is 2. The second kappa shape index (κ2) is 40.7. The van der Waals surface area contributed by atoms with E-state index in [-0.39, 0.29) is 46.3 Å². The molecule has 3 unspecified atom stereocenters. The van der Waals surface area contributed by atoms with Crippen molar-refractivity contribution in [1.82, 2.24) is 60.5 Å². The zero-order valence-electron chi connectivity index (χ0n) is 66.9. The fourth-order valence-electron chi connectivity index (χ4n) is 13.3. The molecule has 17 heteroatoms. The van der Waals surface area contributed by atoms with E-state index in [2.05, 4.69) is 206 Å². The Morgan fingerprint density at radius 3 is 1.11 bits per heavy atom. The molecule has 0 bridgehead atoms. The minimum atomic E-state index is -0.179. The lowest BCUT2D eigenvalue weighted by Crippen LogP contribution is -2.57. The van der Waals surface area contributed by atoms with E-state index in [0.717, 1.165) is 90.1 Å². The van der Waals surface area contributed by atoms with Crippen LogP contribution in [0.2, 0.25) is 0 Å². The SMILES string of the molecule is CC(C)(C)N1CCC(Cc2ccccc2)CC1.CC(C)(C)N1CCCC(Cc2ccccc2)C1.CC(C)(C)NC(=O)N1CCC(Cc2ccccc2)C1.CC(C)(C)NC(=O)N1CCOCC1.CC1CN(C(=O)NC(C)(C)C)CCN1Cc1ccccc1.CN1CCN(C(=O)NC(C)(C)C)CC1. The van der Waals surface area contributed by atoms with Crippen LogP contribution in [0.25, 0.3) is 0 Å². The molecular formula is C84H140N12O5. The monoisotopic (exact) mass is 1400 g/mol. The zero-order chi connectivity index (χ0) is 74.6. The van der Waals surface area contributed by atoms with Crippen molar-refractivity contribution in [1.29, 1.82) is 0 Å². The number of amides is 8. The van der Waals surface area contributed by atoms with Gasteiger partial charge in [-0.1, -0.05) is 121 Å². The van der Waals surface area contributed by atoms with Crippen molar-refractivity contribution >= 4 is 24.1 Å². The smallest absolute Gasteiger partial charge is 0.317 e. The van der Waals surface area contributed by atoms with Crippen LogP contribution in [0.1, 0.15) is 186 Å². The highest BCUT2D eigenvalue weighted by Crippen LogP contribution is 2.28. The maximum atomic E-state index is 12.2. The topological polar surface area (TPSA) is 152 Å². The number of likely N-dealkylation sites (tertiary alicyclic amines) is 3. The third-order valence-corrected chi connectivity index (χ3v) is 19.0. The summed E-state index contributed by atoms with van der Waals surface area (Å²) in [5, 5.41) is 12.0. The summed E-state index contributed by atoms with van der Waals surface area (Å²) < 4.78 is 5.16. The van der Waals surface area contributed by atoms with Gasteiger partial charge in [0.2, 0.25) is 0 Å². The van der Waals surface area contributed by atoms with E-state index < -0.39 is 0 Å². The molecular weight excluding hydrogens is 1260 g/mol. The normalized spacial score (nSPS) is 20.1. The lowest BCUT2D eigenvalue weighted by Gasteiger charge is -2.41. The lowest BCUT2D eigenvalue weighted by atomic mass is 9.88. The maximum absolute atomic E-state index is 12.2. The maximum Gasteiger partial charge on any atom is 0.317 e. The number of morpholine rings is 1. The number of nitrogens with zero attached hydrogens (tertiary/aromatic N) is 8. The van der Waals surface area contributed by atoms with Gasteiger partial charge < -0.3 is 50.5 Å². The fraction of sp³-hybridized carbons (Fsp3) is 0.667. The molecule has 4 aromatic carbocycles. The Morgan fingerprint density at radius 1 is 0.366 bits per heavy atom. The summed E-state index contributed by atoms with van der Waals surface area (Å²) in [5.41, 5.74) is 5.73. The van der Waals surface area contributed by atoms with Gasteiger partial charge in [0.15, 0.2) is 0 Å². The predicted molar refractivity (Wildman–Crippen MR) is 421 cm³/mol. The molecule has 6 fully saturated rings. The van der Waals surface area contributed by atoms with Crippen molar-refractivity contribution in [2.75, 3.05) is 118 Å². The Balaban J connectivity index is 0.000000220. The largest absolute Gasteiger partial charge is 0.378 e. The molecule has 0 saturated carbocycles. The van der Waals surface area contributed by atoms with Crippen molar-refractivity contribution in [3.05, 3.63) is 144 Å². The molecule has 0 aliphatic carbocycles. The molecule has 6 heterocycles. The van der Waals surface area contributed by atoms with E-state index >= 15 is 0 Å². The Bertz CT molecular complexity index is 2970. The summed E-state index contributed by atoms with van der Waals surface area (Å²) in [4.78, 5) is 65.1. The van der Waals surface area contributed by atoms with E-state index in [4.69, 9.17) is 4.74 Å². The second-order valence-electron chi connectivity index (χ2n) is 35.3. The molecule has 4 aromatic rings. The Kier molecular flexibility index (Phi) is 34.4. The van der Waals surface area contributed by atoms with Gasteiger partial charge in [0.25, 0.3) is 0 Å². The van der Waals surface area contributed by atoms with Gasteiger partial charge in [0.1, 0.15) is 0 Å². The number of likely N-dealkylation sites (N-methyl/N-ethyl adjacent to an activating group) is 1. The number of hydrogen-bond donors (Lipinski definition) is 4. The molecule has 10 rings (SSSR count). The van der Waals surface area contributed by atoms with Crippen molar-refractivity contribution in [3.63, 3.8) is 0 Å². The van der Waals surface area contributed by atoms with Crippen molar-refractivity contribution in [2.24, 2.45) is 17.8 Å². The number of carbonyl (C=O) groups excluding carboxylic acids is 4. The van der Waals surface area contributed by atoms with Gasteiger partial charge in [0.05, 0.1) is 13.2 Å². The van der Waals surface area contributed by atoms with Crippen LogP contribution < -0.4 is 21.3 Å². The van der Waals surface area contributed by atoms with Gasteiger partial charge in [-0.05, 0) is 250 Å². The molecule has 101 heavy (non-hydrogen) atoms. The molecule has 0 radical (unpaired) electrons. The van der Waals surface area contributed by atoms with Crippen molar-refractivity contribution in [2.45, 2.75) is 229 Å². The molecule has 0 aromatic heterocycles. The van der Waals surface area contributed by atoms with Crippen LogP contribution in [-0.4, -0.2) is 221 Å². The summed E-state index contributed by atoms with van der Waals surface area (Å²) in [6.07, 6.45) is 10.1. The summed E-state index contributed by atoms with van der Waals surface area (Å²) in [6, 6.07) is 43.5.